The van der Waals surface area contributed by atoms with Crippen molar-refractivity contribution in [1.29, 1.82) is 0 Å². The molecule has 0 fully saturated rings. The van der Waals surface area contributed by atoms with E-state index in [2.05, 4.69) is 37.8 Å². The number of anilines is 1. The second-order valence-corrected chi connectivity index (χ2v) is 8.31. The number of nitrogens with one attached hydrogen (secondary N) is 1. The molecule has 1 aliphatic heterocycles. The van der Waals surface area contributed by atoms with Gasteiger partial charge in [0.25, 0.3) is 5.91 Å². The minimum absolute atomic E-state index is 0.300. The molecule has 1 aliphatic rings. The van der Waals surface area contributed by atoms with Gasteiger partial charge >= 0.3 is 0 Å². The Hall–Kier alpha value is -2.09. The summed E-state index contributed by atoms with van der Waals surface area (Å²) < 4.78 is 1.00. The molecule has 0 aliphatic carbocycles. The topological polar surface area (TPSA) is 57.1 Å². The van der Waals surface area contributed by atoms with Crippen molar-refractivity contribution in [3.05, 3.63) is 70.2 Å². The first-order valence-corrected chi connectivity index (χ1v) is 10.5. The van der Waals surface area contributed by atoms with Gasteiger partial charge in [0.2, 0.25) is 0 Å². The fourth-order valence-electron chi connectivity index (χ4n) is 2.49. The van der Waals surface area contributed by atoms with Crippen LogP contribution in [0, 0.1) is 6.92 Å². The van der Waals surface area contributed by atoms with Crippen LogP contribution in [0.5, 0.6) is 0 Å². The lowest BCUT2D eigenvalue weighted by Crippen LogP contribution is -2.42. The molecule has 0 bridgehead atoms. The van der Waals surface area contributed by atoms with Gasteiger partial charge in [-0.2, -0.15) is 4.99 Å². The fraction of sp³-hybridized carbons (Fsp3) is 0.150. The average molecular weight is 478 g/mol. The maximum atomic E-state index is 12.9. The van der Waals surface area contributed by atoms with Gasteiger partial charge in [-0.3, -0.25) is 4.79 Å². The summed E-state index contributed by atoms with van der Waals surface area (Å²) in [6.07, 6.45) is 1.72. The largest absolute Gasteiger partial charge is 0.329 e. The number of aliphatic imine (C=N–C) groups is 2. The van der Waals surface area contributed by atoms with Gasteiger partial charge in [-0.25, -0.2) is 4.99 Å². The van der Waals surface area contributed by atoms with E-state index in [1.165, 1.54) is 11.8 Å². The van der Waals surface area contributed by atoms with E-state index in [1.54, 1.807) is 23.1 Å². The standard InChI is InChI=1S/C20H18BrClN4OS/c1-3-11-26-12-23-20(28-15-9-7-14(21)8-10-15)25-18(26)19(27)24-17-6-4-5-16(22)13(17)2/h3-10H,1,11-12H2,2H3,(H,24,27). The molecule has 28 heavy (non-hydrogen) atoms. The highest BCUT2D eigenvalue weighted by Crippen LogP contribution is 2.25. The third-order valence-electron chi connectivity index (χ3n) is 3.97. The van der Waals surface area contributed by atoms with Gasteiger partial charge < -0.3 is 10.2 Å². The van der Waals surface area contributed by atoms with Gasteiger partial charge in [-0.05, 0) is 48.9 Å². The van der Waals surface area contributed by atoms with E-state index in [0.29, 0.717) is 34.9 Å². The lowest BCUT2D eigenvalue weighted by Gasteiger charge is -2.25. The zero-order valence-electron chi connectivity index (χ0n) is 15.2. The molecule has 144 valence electrons. The van der Waals surface area contributed by atoms with E-state index in [0.717, 1.165) is 14.9 Å². The van der Waals surface area contributed by atoms with Crippen LogP contribution in [0.3, 0.4) is 0 Å². The van der Waals surface area contributed by atoms with Gasteiger partial charge in [0.15, 0.2) is 11.0 Å². The number of benzene rings is 2. The monoisotopic (exact) mass is 476 g/mol. The lowest BCUT2D eigenvalue weighted by atomic mass is 10.2. The highest BCUT2D eigenvalue weighted by Gasteiger charge is 2.24. The maximum absolute atomic E-state index is 12.9. The van der Waals surface area contributed by atoms with E-state index in [9.17, 15) is 4.79 Å². The SMILES string of the molecule is C=CCN1CN=C(Sc2ccc(Br)cc2)N=C1C(=O)Nc1cccc(Cl)c1C. The molecule has 1 amide bonds. The molecule has 1 heterocycles. The summed E-state index contributed by atoms with van der Waals surface area (Å²) in [6, 6.07) is 13.2. The Morgan fingerprint density at radius 2 is 2.11 bits per heavy atom. The maximum Gasteiger partial charge on any atom is 0.291 e. The van der Waals surface area contributed by atoms with E-state index in [4.69, 9.17) is 11.6 Å². The highest BCUT2D eigenvalue weighted by molar-refractivity contribution is 9.10. The van der Waals surface area contributed by atoms with E-state index < -0.39 is 0 Å². The summed E-state index contributed by atoms with van der Waals surface area (Å²) >= 11 is 11.0. The van der Waals surface area contributed by atoms with Crippen molar-refractivity contribution >= 4 is 61.9 Å². The first kappa shape index (κ1) is 20.6. The van der Waals surface area contributed by atoms with Crippen LogP contribution in [-0.4, -0.2) is 35.0 Å². The Kier molecular flexibility index (Phi) is 6.93. The average Bonchev–Trinajstić information content (AvgIpc) is 2.68. The molecule has 1 N–H and O–H groups in total. The summed E-state index contributed by atoms with van der Waals surface area (Å²) in [6.45, 7) is 6.42. The Bertz CT molecular complexity index is 959. The van der Waals surface area contributed by atoms with E-state index in [1.807, 2.05) is 37.3 Å². The lowest BCUT2D eigenvalue weighted by molar-refractivity contribution is -0.111. The zero-order valence-corrected chi connectivity index (χ0v) is 18.3. The van der Waals surface area contributed by atoms with E-state index in [-0.39, 0.29) is 5.91 Å². The molecule has 0 radical (unpaired) electrons. The second-order valence-electron chi connectivity index (χ2n) is 5.95. The molecule has 5 nitrogen and oxygen atoms in total. The number of thioether (sulfide) groups is 1. The highest BCUT2D eigenvalue weighted by atomic mass is 79.9. The van der Waals surface area contributed by atoms with Crippen LogP contribution < -0.4 is 5.32 Å². The summed E-state index contributed by atoms with van der Waals surface area (Å²) in [7, 11) is 0. The summed E-state index contributed by atoms with van der Waals surface area (Å²) in [4.78, 5) is 24.7. The fourth-order valence-corrected chi connectivity index (χ4v) is 3.66. The number of hydrogen-bond acceptors (Lipinski definition) is 5. The number of carbonyl (C=O) groups excluding carboxylic acids is 1. The van der Waals surface area contributed by atoms with Crippen molar-refractivity contribution in [2.75, 3.05) is 18.5 Å². The van der Waals surface area contributed by atoms with Crippen LogP contribution in [-0.2, 0) is 4.79 Å². The molecule has 2 aromatic carbocycles. The number of halogens is 2. The molecule has 0 spiro atoms. The van der Waals surface area contributed by atoms with Crippen molar-refractivity contribution in [1.82, 2.24) is 4.90 Å². The Morgan fingerprint density at radius 1 is 1.36 bits per heavy atom. The third-order valence-corrected chi connectivity index (χ3v) is 5.82. The van der Waals surface area contributed by atoms with Gasteiger partial charge in [0, 0.05) is 26.6 Å². The first-order chi connectivity index (χ1) is 13.5. The van der Waals surface area contributed by atoms with Crippen molar-refractivity contribution in [2.24, 2.45) is 9.98 Å². The molecule has 0 aromatic heterocycles. The summed E-state index contributed by atoms with van der Waals surface area (Å²) in [5, 5.41) is 4.03. The molecule has 2 aromatic rings. The number of amidine groups is 2. The van der Waals surface area contributed by atoms with Gasteiger partial charge in [-0.15, -0.1) is 6.58 Å². The van der Waals surface area contributed by atoms with Gasteiger partial charge in [0.1, 0.15) is 6.67 Å². The Balaban J connectivity index is 1.82. The number of amides is 1. The van der Waals surface area contributed by atoms with Gasteiger partial charge in [-0.1, -0.05) is 51.4 Å². The molecule has 0 saturated heterocycles. The molecule has 0 unspecified atom stereocenters. The molecule has 3 rings (SSSR count). The van der Waals surface area contributed by atoms with Crippen molar-refractivity contribution < 1.29 is 4.79 Å². The molecule has 8 heteroatoms. The normalized spacial score (nSPS) is 13.6. The van der Waals surface area contributed by atoms with Crippen molar-refractivity contribution in [3.63, 3.8) is 0 Å². The smallest absolute Gasteiger partial charge is 0.291 e. The number of hydrogen-bond donors (Lipinski definition) is 1. The molecule has 0 saturated carbocycles. The van der Waals surface area contributed by atoms with Gasteiger partial charge in [0.05, 0.1) is 0 Å². The number of carbonyl (C=O) groups is 1. The summed E-state index contributed by atoms with van der Waals surface area (Å²) in [5.74, 6) is -0.00934. The van der Waals surface area contributed by atoms with Crippen LogP contribution in [0.2, 0.25) is 5.02 Å². The number of nitrogens with zero attached hydrogens (tertiary/aromatic N) is 3. The Morgan fingerprint density at radius 3 is 2.82 bits per heavy atom. The molecular formula is C20H18BrClN4OS. The molecular weight excluding hydrogens is 460 g/mol. The number of rotatable bonds is 5. The zero-order chi connectivity index (χ0) is 20.1. The predicted octanol–water partition coefficient (Wildman–Crippen LogP) is 5.36. The van der Waals surface area contributed by atoms with Crippen LogP contribution in [0.25, 0.3) is 0 Å². The van der Waals surface area contributed by atoms with Crippen LogP contribution in [0.4, 0.5) is 5.69 Å². The predicted molar refractivity (Wildman–Crippen MR) is 121 cm³/mol. The van der Waals surface area contributed by atoms with Crippen LogP contribution in [0.1, 0.15) is 5.56 Å². The van der Waals surface area contributed by atoms with Crippen LogP contribution >= 0.6 is 39.3 Å². The second kappa shape index (κ2) is 9.41. The van der Waals surface area contributed by atoms with Crippen molar-refractivity contribution in [3.8, 4) is 0 Å². The summed E-state index contributed by atoms with van der Waals surface area (Å²) in [5.41, 5.74) is 1.46. The molecule has 0 atom stereocenters. The quantitative estimate of drug-likeness (QED) is 0.590. The first-order valence-electron chi connectivity index (χ1n) is 8.47. The van der Waals surface area contributed by atoms with E-state index >= 15 is 0 Å². The van der Waals surface area contributed by atoms with Crippen LogP contribution in [0.15, 0.2) is 74.5 Å². The van der Waals surface area contributed by atoms with Crippen molar-refractivity contribution in [2.45, 2.75) is 11.8 Å². The Labute approximate surface area is 181 Å². The minimum Gasteiger partial charge on any atom is -0.329 e. The third kappa shape index (κ3) is 5.04. The minimum atomic E-state index is -0.309.